The van der Waals surface area contributed by atoms with Gasteiger partial charge in [0.1, 0.15) is 5.60 Å². The lowest BCUT2D eigenvalue weighted by atomic mass is 9.95. The summed E-state index contributed by atoms with van der Waals surface area (Å²) in [7, 11) is 0. The predicted molar refractivity (Wildman–Crippen MR) is 76.7 cm³/mol. The van der Waals surface area contributed by atoms with Crippen molar-refractivity contribution < 1.29 is 9.90 Å². The van der Waals surface area contributed by atoms with E-state index in [1.54, 1.807) is 0 Å². The number of benzene rings is 1. The van der Waals surface area contributed by atoms with E-state index < -0.39 is 5.60 Å². The van der Waals surface area contributed by atoms with Crippen LogP contribution < -0.4 is 0 Å². The molecule has 1 N–H and O–H groups in total. The van der Waals surface area contributed by atoms with Gasteiger partial charge in [0.05, 0.1) is 0 Å². The summed E-state index contributed by atoms with van der Waals surface area (Å²) in [5, 5.41) is 10.4. The van der Waals surface area contributed by atoms with Gasteiger partial charge in [0.2, 0.25) is 0 Å². The van der Waals surface area contributed by atoms with Gasteiger partial charge in [-0.3, -0.25) is 4.79 Å². The first-order valence-electron chi connectivity index (χ1n) is 6.88. The number of amides is 1. The maximum absolute atomic E-state index is 12.5. The molecule has 0 unspecified atom stereocenters. The van der Waals surface area contributed by atoms with Crippen molar-refractivity contribution in [2.45, 2.75) is 44.2 Å². The molecule has 1 amide bonds. The highest BCUT2D eigenvalue weighted by Crippen LogP contribution is 2.34. The average molecular weight is 324 g/mol. The third-order valence-corrected chi connectivity index (χ3v) is 5.07. The molecule has 0 bridgehead atoms. The van der Waals surface area contributed by atoms with Crippen LogP contribution in [-0.4, -0.2) is 28.1 Å². The van der Waals surface area contributed by atoms with Crippen LogP contribution in [0.15, 0.2) is 22.7 Å². The molecule has 1 saturated carbocycles. The first-order valence-corrected chi connectivity index (χ1v) is 7.67. The topological polar surface area (TPSA) is 40.5 Å². The van der Waals surface area contributed by atoms with Crippen molar-refractivity contribution in [2.75, 3.05) is 6.54 Å². The molecule has 102 valence electrons. The smallest absolute Gasteiger partial charge is 0.254 e. The van der Waals surface area contributed by atoms with E-state index in [9.17, 15) is 9.90 Å². The number of fused-ring (bicyclic) bond motifs is 1. The number of aliphatic hydroxyl groups is 1. The molecule has 2 aliphatic rings. The van der Waals surface area contributed by atoms with Gasteiger partial charge >= 0.3 is 0 Å². The van der Waals surface area contributed by atoms with E-state index in [-0.39, 0.29) is 5.91 Å². The SMILES string of the molecule is O=C(N1CCc2cccc(Br)c2C1)C1(O)CCCC1. The summed E-state index contributed by atoms with van der Waals surface area (Å²) in [6.07, 6.45) is 4.01. The Morgan fingerprint density at radius 1 is 1.32 bits per heavy atom. The second-order valence-corrected chi connectivity index (χ2v) is 6.45. The van der Waals surface area contributed by atoms with E-state index in [0.717, 1.165) is 23.7 Å². The Bertz CT molecular complexity index is 509. The number of halogens is 1. The largest absolute Gasteiger partial charge is 0.380 e. The van der Waals surface area contributed by atoms with E-state index in [2.05, 4.69) is 22.0 Å². The van der Waals surface area contributed by atoms with Gasteiger partial charge in [-0.1, -0.05) is 28.1 Å². The lowest BCUT2D eigenvalue weighted by Crippen LogP contribution is -2.49. The van der Waals surface area contributed by atoms with Gasteiger partial charge in [0, 0.05) is 17.6 Å². The maximum Gasteiger partial charge on any atom is 0.254 e. The van der Waals surface area contributed by atoms with Crippen molar-refractivity contribution in [3.63, 3.8) is 0 Å². The van der Waals surface area contributed by atoms with Crippen molar-refractivity contribution in [3.05, 3.63) is 33.8 Å². The summed E-state index contributed by atoms with van der Waals surface area (Å²) in [6.45, 7) is 1.32. The number of carbonyl (C=O) groups excluding carboxylic acids is 1. The molecule has 0 saturated heterocycles. The Morgan fingerprint density at radius 2 is 2.05 bits per heavy atom. The molecule has 1 aromatic carbocycles. The molecule has 0 radical (unpaired) electrons. The van der Waals surface area contributed by atoms with Crippen LogP contribution in [0.1, 0.15) is 36.8 Å². The zero-order valence-corrected chi connectivity index (χ0v) is 12.4. The third-order valence-electron chi connectivity index (χ3n) is 4.33. The first-order chi connectivity index (χ1) is 9.10. The maximum atomic E-state index is 12.5. The summed E-state index contributed by atoms with van der Waals surface area (Å²) >= 11 is 3.56. The Kier molecular flexibility index (Phi) is 3.39. The summed E-state index contributed by atoms with van der Waals surface area (Å²) in [5.74, 6) is -0.0774. The van der Waals surface area contributed by atoms with Crippen molar-refractivity contribution in [2.24, 2.45) is 0 Å². The molecule has 1 aromatic rings. The van der Waals surface area contributed by atoms with Gasteiger partial charge in [-0.15, -0.1) is 0 Å². The monoisotopic (exact) mass is 323 g/mol. The first kappa shape index (κ1) is 13.1. The Morgan fingerprint density at radius 3 is 2.79 bits per heavy atom. The average Bonchev–Trinajstić information content (AvgIpc) is 2.86. The highest BCUT2D eigenvalue weighted by atomic mass is 79.9. The van der Waals surface area contributed by atoms with Crippen LogP contribution in [0, 0.1) is 0 Å². The minimum absolute atomic E-state index is 0.0774. The highest BCUT2D eigenvalue weighted by Gasteiger charge is 2.42. The Labute approximate surface area is 121 Å². The molecular weight excluding hydrogens is 306 g/mol. The zero-order chi connectivity index (χ0) is 13.5. The van der Waals surface area contributed by atoms with Gasteiger partial charge in [0.15, 0.2) is 0 Å². The second-order valence-electron chi connectivity index (χ2n) is 5.59. The van der Waals surface area contributed by atoms with Crippen LogP contribution in [0.3, 0.4) is 0 Å². The van der Waals surface area contributed by atoms with Gasteiger partial charge in [-0.05, 0) is 49.3 Å². The van der Waals surface area contributed by atoms with E-state index in [1.165, 1.54) is 11.1 Å². The fourth-order valence-corrected chi connectivity index (χ4v) is 3.71. The third kappa shape index (κ3) is 2.32. The molecule has 0 atom stereocenters. The van der Waals surface area contributed by atoms with Crippen LogP contribution in [0.4, 0.5) is 0 Å². The fraction of sp³-hybridized carbons (Fsp3) is 0.533. The van der Waals surface area contributed by atoms with Crippen LogP contribution in [0.2, 0.25) is 0 Å². The molecule has 0 aromatic heterocycles. The fourth-order valence-electron chi connectivity index (χ4n) is 3.18. The standard InChI is InChI=1S/C15H18BrNO2/c16-13-5-3-4-11-6-9-17(10-12(11)13)14(18)15(19)7-1-2-8-15/h3-5,19H,1-2,6-10H2. The van der Waals surface area contributed by atoms with Gasteiger partial charge < -0.3 is 10.0 Å². The number of nitrogens with zero attached hydrogens (tertiary/aromatic N) is 1. The van der Waals surface area contributed by atoms with E-state index in [0.29, 0.717) is 25.9 Å². The molecule has 4 heteroatoms. The molecule has 3 rings (SSSR count). The molecule has 1 aliphatic carbocycles. The minimum Gasteiger partial charge on any atom is -0.380 e. The molecule has 1 fully saturated rings. The molecule has 3 nitrogen and oxygen atoms in total. The zero-order valence-electron chi connectivity index (χ0n) is 10.9. The van der Waals surface area contributed by atoms with E-state index >= 15 is 0 Å². The normalized spacial score (nSPS) is 21.3. The van der Waals surface area contributed by atoms with Gasteiger partial charge in [-0.2, -0.15) is 0 Å². The van der Waals surface area contributed by atoms with Crippen LogP contribution in [0.25, 0.3) is 0 Å². The van der Waals surface area contributed by atoms with Gasteiger partial charge in [0.25, 0.3) is 5.91 Å². The predicted octanol–water partition coefficient (Wildman–Crippen LogP) is 2.64. The van der Waals surface area contributed by atoms with Crippen molar-refractivity contribution in [1.29, 1.82) is 0 Å². The highest BCUT2D eigenvalue weighted by molar-refractivity contribution is 9.10. The summed E-state index contributed by atoms with van der Waals surface area (Å²) in [6, 6.07) is 6.16. The second kappa shape index (κ2) is 4.91. The lowest BCUT2D eigenvalue weighted by Gasteiger charge is -2.34. The minimum atomic E-state index is -1.10. The summed E-state index contributed by atoms with van der Waals surface area (Å²) in [4.78, 5) is 14.3. The quantitative estimate of drug-likeness (QED) is 0.863. The summed E-state index contributed by atoms with van der Waals surface area (Å²) in [5.41, 5.74) is 1.39. The van der Waals surface area contributed by atoms with E-state index in [4.69, 9.17) is 0 Å². The molecule has 19 heavy (non-hydrogen) atoms. The number of hydrogen-bond donors (Lipinski definition) is 1. The molecule has 1 aliphatic heterocycles. The van der Waals surface area contributed by atoms with Crippen molar-refractivity contribution in [3.8, 4) is 0 Å². The number of carbonyl (C=O) groups is 1. The summed E-state index contributed by atoms with van der Waals surface area (Å²) < 4.78 is 1.06. The number of hydrogen-bond acceptors (Lipinski definition) is 2. The number of rotatable bonds is 1. The Hall–Kier alpha value is -0.870. The van der Waals surface area contributed by atoms with Gasteiger partial charge in [-0.25, -0.2) is 0 Å². The van der Waals surface area contributed by atoms with Crippen LogP contribution in [-0.2, 0) is 17.8 Å². The van der Waals surface area contributed by atoms with Crippen LogP contribution in [0.5, 0.6) is 0 Å². The van der Waals surface area contributed by atoms with Crippen molar-refractivity contribution in [1.82, 2.24) is 4.90 Å². The molecule has 0 spiro atoms. The molecular formula is C15H18BrNO2. The lowest BCUT2D eigenvalue weighted by molar-refractivity contribution is -0.151. The van der Waals surface area contributed by atoms with E-state index in [1.807, 2.05) is 17.0 Å². The van der Waals surface area contributed by atoms with Crippen LogP contribution >= 0.6 is 15.9 Å². The molecule has 1 heterocycles. The Balaban J connectivity index is 1.82. The van der Waals surface area contributed by atoms with Crippen molar-refractivity contribution >= 4 is 21.8 Å².